The average molecular weight is 369 g/mol. The SMILES string of the molecule is CN(C)c1ccc(NC(=O)c2cnc(Nc3ccc(F)cc3F)cn2)cc1. The summed E-state index contributed by atoms with van der Waals surface area (Å²) in [6, 6.07) is 10.5. The summed E-state index contributed by atoms with van der Waals surface area (Å²) in [6.07, 6.45) is 2.57. The summed E-state index contributed by atoms with van der Waals surface area (Å²) in [5.41, 5.74) is 1.81. The molecule has 2 aromatic carbocycles. The van der Waals surface area contributed by atoms with Crippen molar-refractivity contribution in [1.82, 2.24) is 9.97 Å². The number of hydrogen-bond donors (Lipinski definition) is 2. The molecule has 2 N–H and O–H groups in total. The van der Waals surface area contributed by atoms with Gasteiger partial charge in [-0.25, -0.2) is 18.7 Å². The number of anilines is 4. The van der Waals surface area contributed by atoms with Crippen LogP contribution in [-0.4, -0.2) is 30.0 Å². The summed E-state index contributed by atoms with van der Waals surface area (Å²) < 4.78 is 26.6. The number of rotatable bonds is 5. The van der Waals surface area contributed by atoms with Gasteiger partial charge in [-0.2, -0.15) is 0 Å². The van der Waals surface area contributed by atoms with Crippen molar-refractivity contribution in [2.24, 2.45) is 0 Å². The molecule has 0 atom stereocenters. The van der Waals surface area contributed by atoms with Gasteiger partial charge >= 0.3 is 0 Å². The molecule has 6 nitrogen and oxygen atoms in total. The molecule has 0 saturated heterocycles. The van der Waals surface area contributed by atoms with Gasteiger partial charge < -0.3 is 15.5 Å². The molecule has 1 heterocycles. The van der Waals surface area contributed by atoms with Crippen molar-refractivity contribution >= 4 is 28.8 Å². The number of amides is 1. The number of carbonyl (C=O) groups excluding carboxylic acids is 1. The van der Waals surface area contributed by atoms with E-state index in [1.165, 1.54) is 18.5 Å². The van der Waals surface area contributed by atoms with Crippen LogP contribution in [0.2, 0.25) is 0 Å². The minimum Gasteiger partial charge on any atom is -0.378 e. The fourth-order valence-electron chi connectivity index (χ4n) is 2.28. The zero-order valence-electron chi connectivity index (χ0n) is 14.7. The van der Waals surface area contributed by atoms with Gasteiger partial charge in [0.25, 0.3) is 5.91 Å². The van der Waals surface area contributed by atoms with E-state index in [1.54, 1.807) is 12.1 Å². The first-order valence-electron chi connectivity index (χ1n) is 8.05. The van der Waals surface area contributed by atoms with Gasteiger partial charge in [-0.05, 0) is 36.4 Å². The number of carbonyl (C=O) groups is 1. The van der Waals surface area contributed by atoms with E-state index < -0.39 is 17.5 Å². The van der Waals surface area contributed by atoms with Crippen LogP contribution >= 0.6 is 0 Å². The lowest BCUT2D eigenvalue weighted by Gasteiger charge is -2.13. The van der Waals surface area contributed by atoms with Crippen LogP contribution in [0.5, 0.6) is 0 Å². The predicted octanol–water partition coefficient (Wildman–Crippen LogP) is 3.82. The Kier molecular flexibility index (Phi) is 5.25. The summed E-state index contributed by atoms with van der Waals surface area (Å²) in [5, 5.41) is 5.41. The van der Waals surface area contributed by atoms with Crippen molar-refractivity contribution < 1.29 is 13.6 Å². The molecule has 0 aliphatic heterocycles. The summed E-state index contributed by atoms with van der Waals surface area (Å²) in [6.45, 7) is 0. The van der Waals surface area contributed by atoms with Gasteiger partial charge in [0.05, 0.1) is 18.1 Å². The monoisotopic (exact) mass is 369 g/mol. The Morgan fingerprint density at radius 1 is 1.00 bits per heavy atom. The summed E-state index contributed by atoms with van der Waals surface area (Å²) in [5.74, 6) is -1.61. The quantitative estimate of drug-likeness (QED) is 0.716. The van der Waals surface area contributed by atoms with Gasteiger partial charge in [0.2, 0.25) is 0 Å². The molecular weight excluding hydrogens is 352 g/mol. The van der Waals surface area contributed by atoms with Crippen LogP contribution in [0.3, 0.4) is 0 Å². The lowest BCUT2D eigenvalue weighted by Crippen LogP contribution is -2.14. The van der Waals surface area contributed by atoms with Crippen LogP contribution in [0.4, 0.5) is 31.7 Å². The van der Waals surface area contributed by atoms with E-state index in [-0.39, 0.29) is 17.2 Å². The van der Waals surface area contributed by atoms with Gasteiger partial charge in [-0.3, -0.25) is 4.79 Å². The maximum absolute atomic E-state index is 13.6. The van der Waals surface area contributed by atoms with E-state index in [4.69, 9.17) is 0 Å². The first-order valence-corrected chi connectivity index (χ1v) is 8.05. The third-order valence-electron chi connectivity index (χ3n) is 3.72. The molecule has 0 unspecified atom stereocenters. The Morgan fingerprint density at radius 2 is 1.74 bits per heavy atom. The fourth-order valence-corrected chi connectivity index (χ4v) is 2.28. The van der Waals surface area contributed by atoms with E-state index in [0.717, 1.165) is 17.8 Å². The molecule has 0 fully saturated rings. The second-order valence-electron chi connectivity index (χ2n) is 5.93. The lowest BCUT2D eigenvalue weighted by molar-refractivity contribution is 0.102. The smallest absolute Gasteiger partial charge is 0.275 e. The van der Waals surface area contributed by atoms with Crippen molar-refractivity contribution in [3.05, 3.63) is 72.2 Å². The highest BCUT2D eigenvalue weighted by Gasteiger charge is 2.10. The Morgan fingerprint density at radius 3 is 2.33 bits per heavy atom. The lowest BCUT2D eigenvalue weighted by atomic mass is 10.2. The summed E-state index contributed by atoms with van der Waals surface area (Å²) in [7, 11) is 3.85. The van der Waals surface area contributed by atoms with Crippen LogP contribution in [0.15, 0.2) is 54.9 Å². The minimum absolute atomic E-state index is 0.0592. The largest absolute Gasteiger partial charge is 0.378 e. The molecule has 3 rings (SSSR count). The van der Waals surface area contributed by atoms with Crippen LogP contribution in [0, 0.1) is 11.6 Å². The van der Waals surface area contributed by atoms with Gasteiger partial charge in [-0.1, -0.05) is 0 Å². The molecule has 0 spiro atoms. The third-order valence-corrected chi connectivity index (χ3v) is 3.72. The molecule has 0 radical (unpaired) electrons. The van der Waals surface area contributed by atoms with Crippen LogP contribution in [-0.2, 0) is 0 Å². The van der Waals surface area contributed by atoms with Crippen molar-refractivity contribution in [3.8, 4) is 0 Å². The second-order valence-corrected chi connectivity index (χ2v) is 5.93. The number of hydrogen-bond acceptors (Lipinski definition) is 5. The number of nitrogens with zero attached hydrogens (tertiary/aromatic N) is 3. The number of benzene rings is 2. The molecular formula is C19H17F2N5O. The highest BCUT2D eigenvalue weighted by Crippen LogP contribution is 2.19. The normalized spacial score (nSPS) is 10.4. The highest BCUT2D eigenvalue weighted by atomic mass is 19.1. The van der Waals surface area contributed by atoms with E-state index in [1.807, 2.05) is 31.1 Å². The minimum atomic E-state index is -0.750. The molecule has 1 aromatic heterocycles. The fraction of sp³-hybridized carbons (Fsp3) is 0.105. The highest BCUT2D eigenvalue weighted by molar-refractivity contribution is 6.02. The Bertz CT molecular complexity index is 943. The molecule has 27 heavy (non-hydrogen) atoms. The van der Waals surface area contributed by atoms with E-state index >= 15 is 0 Å². The molecule has 1 amide bonds. The first kappa shape index (κ1) is 18.2. The Labute approximate surface area is 154 Å². The predicted molar refractivity (Wildman–Crippen MR) is 100 cm³/mol. The maximum Gasteiger partial charge on any atom is 0.275 e. The number of aromatic nitrogens is 2. The van der Waals surface area contributed by atoms with E-state index in [0.29, 0.717) is 5.69 Å². The van der Waals surface area contributed by atoms with Crippen LogP contribution in [0.25, 0.3) is 0 Å². The standard InChI is InChI=1S/C19H17F2N5O/c1-26(2)14-6-4-13(5-7-14)24-19(27)17-10-23-18(11-22-17)25-16-8-3-12(20)9-15(16)21/h3-11H,1-2H3,(H,23,25)(H,24,27). The topological polar surface area (TPSA) is 70.2 Å². The zero-order valence-corrected chi connectivity index (χ0v) is 14.7. The molecule has 0 aliphatic rings. The number of halogens is 2. The summed E-state index contributed by atoms with van der Waals surface area (Å²) >= 11 is 0. The van der Waals surface area contributed by atoms with Gasteiger partial charge in [0.1, 0.15) is 23.1 Å². The van der Waals surface area contributed by atoms with Crippen LogP contribution in [0.1, 0.15) is 10.5 Å². The first-order chi connectivity index (χ1) is 12.9. The Balaban J connectivity index is 1.66. The maximum atomic E-state index is 13.6. The zero-order chi connectivity index (χ0) is 19.4. The molecule has 0 saturated carbocycles. The molecule has 0 aliphatic carbocycles. The van der Waals surface area contributed by atoms with Gasteiger partial charge in [0, 0.05) is 31.5 Å². The van der Waals surface area contributed by atoms with Gasteiger partial charge in [-0.15, -0.1) is 0 Å². The van der Waals surface area contributed by atoms with Crippen molar-refractivity contribution in [3.63, 3.8) is 0 Å². The number of nitrogens with one attached hydrogen (secondary N) is 2. The van der Waals surface area contributed by atoms with Crippen molar-refractivity contribution in [2.45, 2.75) is 0 Å². The average Bonchev–Trinajstić information content (AvgIpc) is 2.65. The van der Waals surface area contributed by atoms with Crippen molar-refractivity contribution in [2.75, 3.05) is 29.6 Å². The molecule has 138 valence electrons. The van der Waals surface area contributed by atoms with E-state index in [2.05, 4.69) is 20.6 Å². The third kappa shape index (κ3) is 4.55. The van der Waals surface area contributed by atoms with Gasteiger partial charge in [0.15, 0.2) is 0 Å². The Hall–Kier alpha value is -3.55. The molecule has 8 heteroatoms. The van der Waals surface area contributed by atoms with E-state index in [9.17, 15) is 13.6 Å². The van der Waals surface area contributed by atoms with Crippen molar-refractivity contribution in [1.29, 1.82) is 0 Å². The summed E-state index contributed by atoms with van der Waals surface area (Å²) in [4.78, 5) is 22.3. The molecule has 3 aromatic rings. The van der Waals surface area contributed by atoms with Crippen LogP contribution < -0.4 is 15.5 Å². The molecule has 0 bridgehead atoms. The second kappa shape index (κ2) is 7.77.